The first kappa shape index (κ1) is 22.2. The average Bonchev–Trinajstić information content (AvgIpc) is 2.74. The van der Waals surface area contributed by atoms with Crippen molar-refractivity contribution in [1.29, 1.82) is 5.26 Å². The number of urea groups is 1. The van der Waals surface area contributed by atoms with Crippen LogP contribution in [0.25, 0.3) is 0 Å². The van der Waals surface area contributed by atoms with Crippen LogP contribution in [-0.4, -0.2) is 60.0 Å². The van der Waals surface area contributed by atoms with Gasteiger partial charge in [0, 0.05) is 25.3 Å². The van der Waals surface area contributed by atoms with E-state index >= 15 is 0 Å². The molecular weight excluding hydrogens is 372 g/mol. The second kappa shape index (κ2) is 10.5. The van der Waals surface area contributed by atoms with E-state index in [1.165, 1.54) is 4.90 Å². The third-order valence-corrected chi connectivity index (χ3v) is 5.12. The van der Waals surface area contributed by atoms with Crippen molar-refractivity contribution in [2.24, 2.45) is 5.92 Å². The zero-order valence-electron chi connectivity index (χ0n) is 17.2. The van der Waals surface area contributed by atoms with Gasteiger partial charge in [-0.15, -0.1) is 0 Å². The van der Waals surface area contributed by atoms with Crippen molar-refractivity contribution >= 4 is 23.6 Å². The van der Waals surface area contributed by atoms with Crippen LogP contribution in [0.15, 0.2) is 24.3 Å². The van der Waals surface area contributed by atoms with E-state index in [2.05, 4.69) is 5.32 Å². The quantitative estimate of drug-likeness (QED) is 0.740. The Bertz CT molecular complexity index is 764. The van der Waals surface area contributed by atoms with Crippen molar-refractivity contribution in [3.05, 3.63) is 29.8 Å². The molecule has 0 aliphatic carbocycles. The molecule has 156 valence electrons. The molecule has 0 aromatic heterocycles. The number of carbonyl (C=O) groups is 3. The highest BCUT2D eigenvalue weighted by molar-refractivity contribution is 5.93. The summed E-state index contributed by atoms with van der Waals surface area (Å²) >= 11 is 0. The van der Waals surface area contributed by atoms with Crippen LogP contribution >= 0.6 is 0 Å². The molecule has 1 unspecified atom stereocenters. The first-order valence-electron chi connectivity index (χ1n) is 9.94. The monoisotopic (exact) mass is 400 g/mol. The van der Waals surface area contributed by atoms with E-state index in [0.29, 0.717) is 50.3 Å². The number of ether oxygens (including phenoxy) is 1. The summed E-state index contributed by atoms with van der Waals surface area (Å²) in [7, 11) is 0. The van der Waals surface area contributed by atoms with Gasteiger partial charge in [-0.2, -0.15) is 5.26 Å². The van der Waals surface area contributed by atoms with Gasteiger partial charge in [0.25, 0.3) is 0 Å². The number of nitrogens with one attached hydrogen (secondary N) is 1. The molecule has 1 fully saturated rings. The molecule has 8 heteroatoms. The molecule has 29 heavy (non-hydrogen) atoms. The Kier molecular flexibility index (Phi) is 8.01. The molecule has 0 spiro atoms. The molecule has 0 bridgehead atoms. The lowest BCUT2D eigenvalue weighted by atomic mass is 9.96. The van der Waals surface area contributed by atoms with Gasteiger partial charge in [0.05, 0.1) is 24.2 Å². The fourth-order valence-corrected chi connectivity index (χ4v) is 3.41. The van der Waals surface area contributed by atoms with Crippen LogP contribution in [0.2, 0.25) is 0 Å². The number of amides is 3. The zero-order valence-corrected chi connectivity index (χ0v) is 17.2. The maximum atomic E-state index is 12.9. The average molecular weight is 400 g/mol. The second-order valence-corrected chi connectivity index (χ2v) is 6.93. The van der Waals surface area contributed by atoms with Gasteiger partial charge in [0.15, 0.2) is 0 Å². The van der Waals surface area contributed by atoms with Crippen molar-refractivity contribution in [3.8, 4) is 6.07 Å². The largest absolute Gasteiger partial charge is 0.466 e. The van der Waals surface area contributed by atoms with Gasteiger partial charge in [-0.05, 0) is 57.9 Å². The number of nitrogens with zero attached hydrogens (tertiary/aromatic N) is 3. The summed E-state index contributed by atoms with van der Waals surface area (Å²) in [6.07, 6.45) is 1.14. The lowest BCUT2D eigenvalue weighted by Gasteiger charge is -2.35. The van der Waals surface area contributed by atoms with Crippen LogP contribution in [0.5, 0.6) is 0 Å². The number of esters is 1. The molecule has 8 nitrogen and oxygen atoms in total. The third-order valence-electron chi connectivity index (χ3n) is 5.12. The fourth-order valence-electron chi connectivity index (χ4n) is 3.41. The van der Waals surface area contributed by atoms with Gasteiger partial charge in [-0.3, -0.25) is 9.59 Å². The molecule has 1 atom stereocenters. The van der Waals surface area contributed by atoms with Crippen molar-refractivity contribution in [2.45, 2.75) is 39.7 Å². The number of hydrogen-bond acceptors (Lipinski definition) is 5. The van der Waals surface area contributed by atoms with Gasteiger partial charge >= 0.3 is 12.0 Å². The van der Waals surface area contributed by atoms with E-state index < -0.39 is 6.04 Å². The smallest absolute Gasteiger partial charge is 0.322 e. The Hall–Kier alpha value is -3.08. The number of anilines is 1. The number of likely N-dealkylation sites (N-methyl/N-ethyl adjacent to an activating group) is 1. The predicted octanol–water partition coefficient (Wildman–Crippen LogP) is 2.60. The van der Waals surface area contributed by atoms with Gasteiger partial charge in [-0.1, -0.05) is 0 Å². The molecule has 1 aliphatic rings. The SMILES string of the molecule is CCOC(=O)C1CCN(C(=O)C(C)N(CC)C(=O)Nc2ccc(C#N)cc2)CC1. The summed E-state index contributed by atoms with van der Waals surface area (Å²) in [5, 5.41) is 11.6. The molecule has 3 amide bonds. The topological polar surface area (TPSA) is 103 Å². The van der Waals surface area contributed by atoms with Crippen molar-refractivity contribution < 1.29 is 19.1 Å². The van der Waals surface area contributed by atoms with Gasteiger partial charge < -0.3 is 19.9 Å². The van der Waals surface area contributed by atoms with E-state index in [9.17, 15) is 14.4 Å². The third kappa shape index (κ3) is 5.70. The molecule has 1 N–H and O–H groups in total. The van der Waals surface area contributed by atoms with E-state index in [4.69, 9.17) is 10.00 Å². The second-order valence-electron chi connectivity index (χ2n) is 6.93. The van der Waals surface area contributed by atoms with Crippen LogP contribution in [0.4, 0.5) is 10.5 Å². The van der Waals surface area contributed by atoms with Crippen LogP contribution < -0.4 is 5.32 Å². The molecule has 2 rings (SSSR count). The minimum atomic E-state index is -0.627. The number of piperidine rings is 1. The minimum Gasteiger partial charge on any atom is -0.466 e. The van der Waals surface area contributed by atoms with Crippen molar-refractivity contribution in [2.75, 3.05) is 31.6 Å². The minimum absolute atomic E-state index is 0.135. The molecule has 1 aromatic carbocycles. The number of likely N-dealkylation sites (tertiary alicyclic amines) is 1. The van der Waals surface area contributed by atoms with Crippen LogP contribution in [-0.2, 0) is 14.3 Å². The fraction of sp³-hybridized carbons (Fsp3) is 0.524. The Labute approximate surface area is 171 Å². The Morgan fingerprint density at radius 3 is 2.38 bits per heavy atom. The summed E-state index contributed by atoms with van der Waals surface area (Å²) in [6.45, 7) is 6.98. The molecule has 1 aliphatic heterocycles. The Balaban J connectivity index is 1.94. The first-order valence-corrected chi connectivity index (χ1v) is 9.94. The highest BCUT2D eigenvalue weighted by Gasteiger charge is 2.33. The lowest BCUT2D eigenvalue weighted by Crippen LogP contribution is -2.52. The Morgan fingerprint density at radius 1 is 1.24 bits per heavy atom. The lowest BCUT2D eigenvalue weighted by molar-refractivity contribution is -0.151. The molecule has 0 saturated carbocycles. The van der Waals surface area contributed by atoms with E-state index in [0.717, 1.165) is 0 Å². The van der Waals surface area contributed by atoms with Crippen molar-refractivity contribution in [1.82, 2.24) is 9.80 Å². The van der Waals surface area contributed by atoms with Crippen LogP contribution in [0.1, 0.15) is 39.2 Å². The first-order chi connectivity index (χ1) is 13.9. The number of rotatable bonds is 6. The number of hydrogen-bond donors (Lipinski definition) is 1. The van der Waals surface area contributed by atoms with Gasteiger partial charge in [-0.25, -0.2) is 4.79 Å². The number of carbonyl (C=O) groups excluding carboxylic acids is 3. The predicted molar refractivity (Wildman–Crippen MR) is 108 cm³/mol. The normalized spacial score (nSPS) is 15.2. The van der Waals surface area contributed by atoms with E-state index in [-0.39, 0.29) is 23.8 Å². The highest BCUT2D eigenvalue weighted by Crippen LogP contribution is 2.20. The summed E-state index contributed by atoms with van der Waals surface area (Å²) in [5.74, 6) is -0.509. The molecule has 1 saturated heterocycles. The maximum Gasteiger partial charge on any atom is 0.322 e. The van der Waals surface area contributed by atoms with E-state index in [1.54, 1.807) is 43.0 Å². The van der Waals surface area contributed by atoms with Crippen LogP contribution in [0.3, 0.4) is 0 Å². The van der Waals surface area contributed by atoms with E-state index in [1.807, 2.05) is 13.0 Å². The summed E-state index contributed by atoms with van der Waals surface area (Å²) in [4.78, 5) is 40.6. The highest BCUT2D eigenvalue weighted by atomic mass is 16.5. The van der Waals surface area contributed by atoms with Gasteiger partial charge in [0.1, 0.15) is 6.04 Å². The molecular formula is C21H28N4O4. The summed E-state index contributed by atoms with van der Waals surface area (Å²) < 4.78 is 5.06. The Morgan fingerprint density at radius 2 is 1.86 bits per heavy atom. The standard InChI is InChI=1S/C21H28N4O4/c1-4-25(21(28)23-18-8-6-16(14-22)7-9-18)15(3)19(26)24-12-10-17(11-13-24)20(27)29-5-2/h6-9,15,17H,4-5,10-13H2,1-3H3,(H,23,28). The maximum absolute atomic E-state index is 12.9. The summed E-state index contributed by atoms with van der Waals surface area (Å²) in [5.41, 5.74) is 1.06. The zero-order chi connectivity index (χ0) is 21.4. The number of benzene rings is 1. The van der Waals surface area contributed by atoms with Gasteiger partial charge in [0.2, 0.25) is 5.91 Å². The van der Waals surface area contributed by atoms with Crippen molar-refractivity contribution in [3.63, 3.8) is 0 Å². The molecule has 1 heterocycles. The number of nitriles is 1. The molecule has 1 aromatic rings. The summed E-state index contributed by atoms with van der Waals surface area (Å²) in [6, 6.07) is 7.56. The van der Waals surface area contributed by atoms with Crippen LogP contribution in [0, 0.1) is 17.2 Å². The molecule has 0 radical (unpaired) electrons.